The molecular formula is C22H24N4O4S2. The lowest BCUT2D eigenvalue weighted by molar-refractivity contribution is -0.120. The average molecular weight is 473 g/mol. The van der Waals surface area contributed by atoms with Crippen molar-refractivity contribution in [3.05, 3.63) is 76.5 Å². The summed E-state index contributed by atoms with van der Waals surface area (Å²) in [6.07, 6.45) is 0.746. The molecule has 3 rings (SSSR count). The molecule has 1 heterocycles. The number of nitrogens with one attached hydrogen (secondary N) is 4. The Hall–Kier alpha value is -3.37. The number of carbonyl (C=O) groups is 2. The molecule has 4 N–H and O–H groups in total. The second kappa shape index (κ2) is 10.8. The van der Waals surface area contributed by atoms with Crippen LogP contribution in [0.4, 0.5) is 16.2 Å². The molecule has 8 nitrogen and oxygen atoms in total. The molecule has 0 atom stereocenters. The van der Waals surface area contributed by atoms with E-state index in [0.29, 0.717) is 17.9 Å². The predicted molar refractivity (Wildman–Crippen MR) is 126 cm³/mol. The summed E-state index contributed by atoms with van der Waals surface area (Å²) < 4.78 is 27.4. The Morgan fingerprint density at radius 1 is 0.906 bits per heavy atom. The number of carbonyl (C=O) groups excluding carboxylic acids is 2. The van der Waals surface area contributed by atoms with Crippen LogP contribution in [0.15, 0.2) is 70.9 Å². The van der Waals surface area contributed by atoms with Gasteiger partial charge in [0.05, 0.1) is 11.4 Å². The molecule has 32 heavy (non-hydrogen) atoms. The number of aryl methyl sites for hydroxylation is 1. The highest BCUT2D eigenvalue weighted by molar-refractivity contribution is 7.92. The van der Waals surface area contributed by atoms with Crippen molar-refractivity contribution in [2.24, 2.45) is 0 Å². The number of amides is 3. The number of anilines is 2. The minimum atomic E-state index is -3.70. The number of hydrogen-bond acceptors (Lipinski definition) is 5. The number of thiophene rings is 1. The molecule has 0 aliphatic heterocycles. The van der Waals surface area contributed by atoms with Crippen LogP contribution in [0.3, 0.4) is 0 Å². The fraction of sp³-hybridized carbons (Fsp3) is 0.182. The number of rotatable bonds is 9. The van der Waals surface area contributed by atoms with Crippen LogP contribution in [-0.2, 0) is 21.2 Å². The molecule has 3 aromatic rings. The third kappa shape index (κ3) is 7.10. The van der Waals surface area contributed by atoms with Gasteiger partial charge in [-0.15, -0.1) is 11.3 Å². The average Bonchev–Trinajstić information content (AvgIpc) is 3.27. The van der Waals surface area contributed by atoms with E-state index < -0.39 is 16.1 Å². The first kappa shape index (κ1) is 23.3. The molecule has 168 valence electrons. The number of urea groups is 1. The van der Waals surface area contributed by atoms with Crippen molar-refractivity contribution >= 4 is 44.7 Å². The van der Waals surface area contributed by atoms with Gasteiger partial charge in [0.15, 0.2) is 0 Å². The SMILES string of the molecule is Cc1ccc(S(=O)(=O)Nc2ccc(NC(=O)NCC(=O)NCCc3cccs3)cc2)cc1. The van der Waals surface area contributed by atoms with Crippen LogP contribution in [0.2, 0.25) is 0 Å². The predicted octanol–water partition coefficient (Wildman–Crippen LogP) is 3.34. The first-order chi connectivity index (χ1) is 15.3. The van der Waals surface area contributed by atoms with Crippen molar-refractivity contribution in [2.45, 2.75) is 18.2 Å². The molecule has 0 radical (unpaired) electrons. The Balaban J connectivity index is 1.43. The highest BCUT2D eigenvalue weighted by Gasteiger charge is 2.14. The first-order valence-electron chi connectivity index (χ1n) is 9.85. The van der Waals surface area contributed by atoms with Gasteiger partial charge in [-0.1, -0.05) is 23.8 Å². The van der Waals surface area contributed by atoms with Crippen molar-refractivity contribution in [2.75, 3.05) is 23.1 Å². The highest BCUT2D eigenvalue weighted by Crippen LogP contribution is 2.18. The highest BCUT2D eigenvalue weighted by atomic mass is 32.2. The van der Waals surface area contributed by atoms with Gasteiger partial charge in [0.2, 0.25) is 5.91 Å². The smallest absolute Gasteiger partial charge is 0.319 e. The summed E-state index contributed by atoms with van der Waals surface area (Å²) in [6, 6.07) is 16.2. The van der Waals surface area contributed by atoms with E-state index in [9.17, 15) is 18.0 Å². The lowest BCUT2D eigenvalue weighted by Gasteiger charge is -2.10. The fourth-order valence-corrected chi connectivity index (χ4v) is 4.50. The van der Waals surface area contributed by atoms with Gasteiger partial charge in [0, 0.05) is 22.8 Å². The Bertz CT molecular complexity index is 1140. The molecular weight excluding hydrogens is 448 g/mol. The van der Waals surface area contributed by atoms with E-state index in [1.807, 2.05) is 24.4 Å². The van der Waals surface area contributed by atoms with Crippen LogP contribution in [0.5, 0.6) is 0 Å². The van der Waals surface area contributed by atoms with Gasteiger partial charge in [-0.05, 0) is 61.2 Å². The monoisotopic (exact) mass is 472 g/mol. The van der Waals surface area contributed by atoms with Crippen LogP contribution in [-0.4, -0.2) is 33.4 Å². The molecule has 2 aromatic carbocycles. The third-order valence-electron chi connectivity index (χ3n) is 4.41. The normalized spacial score (nSPS) is 10.9. The summed E-state index contributed by atoms with van der Waals surface area (Å²) in [4.78, 5) is 25.2. The molecule has 0 bridgehead atoms. The maximum Gasteiger partial charge on any atom is 0.319 e. The lowest BCUT2D eigenvalue weighted by Crippen LogP contribution is -2.39. The Morgan fingerprint density at radius 3 is 2.25 bits per heavy atom. The van der Waals surface area contributed by atoms with Gasteiger partial charge < -0.3 is 16.0 Å². The van der Waals surface area contributed by atoms with Gasteiger partial charge in [-0.2, -0.15) is 0 Å². The topological polar surface area (TPSA) is 116 Å². The van der Waals surface area contributed by atoms with Gasteiger partial charge >= 0.3 is 6.03 Å². The van der Waals surface area contributed by atoms with Crippen LogP contribution < -0.4 is 20.7 Å². The van der Waals surface area contributed by atoms with Gasteiger partial charge in [0.25, 0.3) is 10.0 Å². The zero-order valence-electron chi connectivity index (χ0n) is 17.4. The quantitative estimate of drug-likeness (QED) is 0.382. The molecule has 3 amide bonds. The molecule has 0 unspecified atom stereocenters. The molecule has 0 saturated carbocycles. The van der Waals surface area contributed by atoms with Gasteiger partial charge in [0.1, 0.15) is 0 Å². The summed E-state index contributed by atoms with van der Waals surface area (Å²) in [5.41, 5.74) is 1.79. The van der Waals surface area contributed by atoms with Gasteiger partial charge in [-0.3, -0.25) is 9.52 Å². The Morgan fingerprint density at radius 2 is 1.59 bits per heavy atom. The van der Waals surface area contributed by atoms with Crippen LogP contribution in [0, 0.1) is 6.92 Å². The fourth-order valence-electron chi connectivity index (χ4n) is 2.73. The molecule has 1 aromatic heterocycles. The Labute approximate surface area is 191 Å². The van der Waals surface area contributed by atoms with Crippen LogP contribution in [0.1, 0.15) is 10.4 Å². The zero-order valence-corrected chi connectivity index (χ0v) is 19.1. The van der Waals surface area contributed by atoms with E-state index in [4.69, 9.17) is 0 Å². The minimum Gasteiger partial charge on any atom is -0.354 e. The standard InChI is InChI=1S/C22H24N4O4S2/c1-16-4-10-20(11-5-16)32(29,30)26-18-8-6-17(7-9-18)25-22(28)24-15-21(27)23-13-12-19-3-2-14-31-19/h2-11,14,26H,12-13,15H2,1H3,(H,23,27)(H2,24,25,28). The second-order valence-electron chi connectivity index (χ2n) is 6.98. The maximum atomic E-state index is 12.4. The minimum absolute atomic E-state index is 0.148. The summed E-state index contributed by atoms with van der Waals surface area (Å²) >= 11 is 1.63. The van der Waals surface area contributed by atoms with Crippen molar-refractivity contribution in [3.8, 4) is 0 Å². The Kier molecular flexibility index (Phi) is 7.85. The number of hydrogen-bond donors (Lipinski definition) is 4. The van der Waals surface area contributed by atoms with Crippen LogP contribution >= 0.6 is 11.3 Å². The van der Waals surface area contributed by atoms with Crippen molar-refractivity contribution in [3.63, 3.8) is 0 Å². The zero-order chi connectivity index (χ0) is 23.0. The molecule has 0 spiro atoms. The lowest BCUT2D eigenvalue weighted by atomic mass is 10.2. The van der Waals surface area contributed by atoms with Crippen molar-refractivity contribution in [1.29, 1.82) is 0 Å². The maximum absolute atomic E-state index is 12.4. The first-order valence-corrected chi connectivity index (χ1v) is 12.2. The van der Waals surface area contributed by atoms with E-state index >= 15 is 0 Å². The van der Waals surface area contributed by atoms with E-state index in [1.54, 1.807) is 47.7 Å². The summed E-state index contributed by atoms with van der Waals surface area (Å²) in [5, 5.41) is 9.81. The summed E-state index contributed by atoms with van der Waals surface area (Å²) in [6.45, 7) is 2.23. The number of benzene rings is 2. The van der Waals surface area contributed by atoms with E-state index in [2.05, 4.69) is 20.7 Å². The van der Waals surface area contributed by atoms with Crippen LogP contribution in [0.25, 0.3) is 0 Å². The molecule has 0 saturated heterocycles. The number of sulfonamides is 1. The largest absolute Gasteiger partial charge is 0.354 e. The summed E-state index contributed by atoms with van der Waals surface area (Å²) in [7, 11) is -3.70. The van der Waals surface area contributed by atoms with Gasteiger partial charge in [-0.25, -0.2) is 13.2 Å². The molecule has 0 fully saturated rings. The van der Waals surface area contributed by atoms with Crippen molar-refractivity contribution in [1.82, 2.24) is 10.6 Å². The molecule has 0 aliphatic carbocycles. The third-order valence-corrected chi connectivity index (χ3v) is 6.74. The van der Waals surface area contributed by atoms with E-state index in [1.165, 1.54) is 17.0 Å². The second-order valence-corrected chi connectivity index (χ2v) is 9.70. The van der Waals surface area contributed by atoms with E-state index in [0.717, 1.165) is 12.0 Å². The van der Waals surface area contributed by atoms with Crippen molar-refractivity contribution < 1.29 is 18.0 Å². The summed E-state index contributed by atoms with van der Waals surface area (Å²) in [5.74, 6) is -0.280. The molecule has 0 aliphatic rings. The van der Waals surface area contributed by atoms with E-state index in [-0.39, 0.29) is 17.3 Å². The molecule has 10 heteroatoms.